The number of nitrogens with one attached hydrogen (secondary N) is 2. The van der Waals surface area contributed by atoms with Crippen molar-refractivity contribution in [1.29, 1.82) is 0 Å². The SMILES string of the molecule is CC1CN=C(C(=O)Nc2ccc(Br)cc2)N1. The van der Waals surface area contributed by atoms with E-state index in [1.165, 1.54) is 0 Å². The molecule has 0 spiro atoms. The Labute approximate surface area is 102 Å². The van der Waals surface area contributed by atoms with Gasteiger partial charge in [-0.25, -0.2) is 0 Å². The molecule has 1 heterocycles. The van der Waals surface area contributed by atoms with Gasteiger partial charge in [-0.3, -0.25) is 9.79 Å². The minimum atomic E-state index is -0.188. The van der Waals surface area contributed by atoms with Crippen molar-refractivity contribution in [1.82, 2.24) is 5.32 Å². The summed E-state index contributed by atoms with van der Waals surface area (Å²) >= 11 is 3.34. The molecule has 1 atom stereocenters. The first-order valence-electron chi connectivity index (χ1n) is 5.03. The highest BCUT2D eigenvalue weighted by Crippen LogP contribution is 2.14. The average molecular weight is 282 g/mol. The highest BCUT2D eigenvalue weighted by molar-refractivity contribution is 9.10. The lowest BCUT2D eigenvalue weighted by molar-refractivity contribution is -0.110. The van der Waals surface area contributed by atoms with Crippen molar-refractivity contribution in [3.8, 4) is 0 Å². The van der Waals surface area contributed by atoms with Crippen LogP contribution >= 0.6 is 15.9 Å². The molecule has 0 radical (unpaired) electrons. The summed E-state index contributed by atoms with van der Waals surface area (Å²) in [5.41, 5.74) is 0.761. The van der Waals surface area contributed by atoms with Crippen LogP contribution < -0.4 is 10.6 Å². The molecule has 1 aliphatic rings. The van der Waals surface area contributed by atoms with E-state index in [4.69, 9.17) is 0 Å². The maximum absolute atomic E-state index is 11.7. The quantitative estimate of drug-likeness (QED) is 0.868. The lowest BCUT2D eigenvalue weighted by Gasteiger charge is -2.07. The second kappa shape index (κ2) is 4.65. The zero-order valence-corrected chi connectivity index (χ0v) is 10.4. The highest BCUT2D eigenvalue weighted by atomic mass is 79.9. The number of hydrogen-bond donors (Lipinski definition) is 2. The minimum absolute atomic E-state index is 0.188. The number of nitrogens with zero attached hydrogens (tertiary/aromatic N) is 1. The van der Waals surface area contributed by atoms with Gasteiger partial charge in [-0.1, -0.05) is 15.9 Å². The molecule has 1 unspecified atom stereocenters. The number of aliphatic imine (C=N–C) groups is 1. The van der Waals surface area contributed by atoms with Crippen LogP contribution in [0.3, 0.4) is 0 Å². The Morgan fingerprint density at radius 2 is 2.19 bits per heavy atom. The molecule has 1 aromatic rings. The van der Waals surface area contributed by atoms with Crippen LogP contribution in [0.4, 0.5) is 5.69 Å². The predicted octanol–water partition coefficient (Wildman–Crippen LogP) is 1.78. The van der Waals surface area contributed by atoms with Crippen molar-refractivity contribution in [2.45, 2.75) is 13.0 Å². The van der Waals surface area contributed by atoms with E-state index in [1.807, 2.05) is 31.2 Å². The predicted molar refractivity (Wildman–Crippen MR) is 67.7 cm³/mol. The zero-order valence-electron chi connectivity index (χ0n) is 8.83. The van der Waals surface area contributed by atoms with Crippen molar-refractivity contribution in [3.63, 3.8) is 0 Å². The van der Waals surface area contributed by atoms with Crippen molar-refractivity contribution >= 4 is 33.4 Å². The summed E-state index contributed by atoms with van der Waals surface area (Å²) in [5.74, 6) is 0.224. The third kappa shape index (κ3) is 2.61. The zero-order chi connectivity index (χ0) is 11.5. The molecule has 0 aliphatic carbocycles. The van der Waals surface area contributed by atoms with E-state index >= 15 is 0 Å². The molecular weight excluding hydrogens is 270 g/mol. The first-order chi connectivity index (χ1) is 7.65. The molecule has 1 aromatic carbocycles. The normalized spacial score (nSPS) is 18.9. The molecule has 0 saturated heterocycles. The molecule has 2 rings (SSSR count). The van der Waals surface area contributed by atoms with Crippen molar-refractivity contribution in [3.05, 3.63) is 28.7 Å². The summed E-state index contributed by atoms with van der Waals surface area (Å²) in [6.07, 6.45) is 0. The Morgan fingerprint density at radius 1 is 1.50 bits per heavy atom. The summed E-state index contributed by atoms with van der Waals surface area (Å²) in [5, 5.41) is 5.79. The number of amidine groups is 1. The van der Waals surface area contributed by atoms with E-state index in [0.717, 1.165) is 10.2 Å². The van der Waals surface area contributed by atoms with Crippen LogP contribution in [0.5, 0.6) is 0 Å². The summed E-state index contributed by atoms with van der Waals surface area (Å²) in [7, 11) is 0. The summed E-state index contributed by atoms with van der Waals surface area (Å²) in [4.78, 5) is 15.8. The van der Waals surface area contributed by atoms with Gasteiger partial charge in [0.25, 0.3) is 5.91 Å². The van der Waals surface area contributed by atoms with Gasteiger partial charge in [-0.05, 0) is 31.2 Å². The van der Waals surface area contributed by atoms with Crippen LogP contribution in [0, 0.1) is 0 Å². The van der Waals surface area contributed by atoms with Crippen LogP contribution in [-0.2, 0) is 4.79 Å². The number of amides is 1. The van der Waals surface area contributed by atoms with Gasteiger partial charge in [0.05, 0.1) is 6.54 Å². The van der Waals surface area contributed by atoms with Crippen LogP contribution in [0.1, 0.15) is 6.92 Å². The number of hydrogen-bond acceptors (Lipinski definition) is 3. The van der Waals surface area contributed by atoms with Crippen LogP contribution in [0.15, 0.2) is 33.7 Å². The maximum atomic E-state index is 11.7. The number of carbonyl (C=O) groups is 1. The van der Waals surface area contributed by atoms with Gasteiger partial charge in [0, 0.05) is 16.2 Å². The first kappa shape index (κ1) is 11.1. The molecule has 1 amide bonds. The molecular formula is C11H12BrN3O. The Hall–Kier alpha value is -1.36. The fourth-order valence-electron chi connectivity index (χ4n) is 1.41. The van der Waals surface area contributed by atoms with Gasteiger partial charge in [-0.2, -0.15) is 0 Å². The molecule has 1 aliphatic heterocycles. The fourth-order valence-corrected chi connectivity index (χ4v) is 1.68. The average Bonchev–Trinajstić information content (AvgIpc) is 2.68. The fraction of sp³-hybridized carbons (Fsp3) is 0.273. The lowest BCUT2D eigenvalue weighted by atomic mass is 10.3. The number of anilines is 1. The largest absolute Gasteiger partial charge is 0.361 e. The Morgan fingerprint density at radius 3 is 2.75 bits per heavy atom. The van der Waals surface area contributed by atoms with Gasteiger partial charge < -0.3 is 10.6 Å². The number of rotatable bonds is 2. The van der Waals surface area contributed by atoms with E-state index < -0.39 is 0 Å². The van der Waals surface area contributed by atoms with E-state index in [9.17, 15) is 4.79 Å². The number of carbonyl (C=O) groups excluding carboxylic acids is 1. The highest BCUT2D eigenvalue weighted by Gasteiger charge is 2.19. The molecule has 16 heavy (non-hydrogen) atoms. The van der Waals surface area contributed by atoms with Crippen LogP contribution in [-0.4, -0.2) is 24.3 Å². The van der Waals surface area contributed by atoms with Gasteiger partial charge in [0.2, 0.25) is 0 Å². The van der Waals surface area contributed by atoms with Crippen molar-refractivity contribution in [2.24, 2.45) is 4.99 Å². The van der Waals surface area contributed by atoms with Crippen LogP contribution in [0.2, 0.25) is 0 Å². The first-order valence-corrected chi connectivity index (χ1v) is 5.82. The van der Waals surface area contributed by atoms with Gasteiger partial charge >= 0.3 is 0 Å². The molecule has 2 N–H and O–H groups in total. The Bertz CT molecular complexity index is 427. The van der Waals surface area contributed by atoms with Crippen LogP contribution in [0.25, 0.3) is 0 Å². The molecule has 0 bridgehead atoms. The smallest absolute Gasteiger partial charge is 0.290 e. The van der Waals surface area contributed by atoms with Gasteiger partial charge in [0.1, 0.15) is 0 Å². The third-order valence-corrected chi connectivity index (χ3v) is 2.75. The van der Waals surface area contributed by atoms with E-state index in [0.29, 0.717) is 12.4 Å². The van der Waals surface area contributed by atoms with E-state index in [-0.39, 0.29) is 11.9 Å². The Kier molecular flexibility index (Phi) is 3.24. The molecule has 0 aromatic heterocycles. The summed E-state index contributed by atoms with van der Waals surface area (Å²) in [6, 6.07) is 7.66. The van der Waals surface area contributed by atoms with Gasteiger partial charge in [-0.15, -0.1) is 0 Å². The van der Waals surface area contributed by atoms with E-state index in [1.54, 1.807) is 0 Å². The van der Waals surface area contributed by atoms with E-state index in [2.05, 4.69) is 31.6 Å². The minimum Gasteiger partial charge on any atom is -0.361 e. The third-order valence-electron chi connectivity index (χ3n) is 2.22. The monoisotopic (exact) mass is 281 g/mol. The second-order valence-electron chi connectivity index (χ2n) is 3.70. The maximum Gasteiger partial charge on any atom is 0.290 e. The molecule has 84 valence electrons. The van der Waals surface area contributed by atoms with Crippen molar-refractivity contribution in [2.75, 3.05) is 11.9 Å². The standard InChI is InChI=1S/C11H12BrN3O/c1-7-6-13-10(14-7)11(16)15-9-4-2-8(12)3-5-9/h2-5,7H,6H2,1H3,(H,13,14)(H,15,16). The Balaban J connectivity index is 2.00. The molecule has 5 heteroatoms. The summed E-state index contributed by atoms with van der Waals surface area (Å²) in [6.45, 7) is 2.65. The number of halogens is 1. The second-order valence-corrected chi connectivity index (χ2v) is 4.61. The summed E-state index contributed by atoms with van der Waals surface area (Å²) < 4.78 is 0.982. The topological polar surface area (TPSA) is 53.5 Å². The molecule has 0 saturated carbocycles. The van der Waals surface area contributed by atoms with Crippen molar-refractivity contribution < 1.29 is 4.79 Å². The molecule has 0 fully saturated rings. The molecule has 4 nitrogen and oxygen atoms in total. The van der Waals surface area contributed by atoms with Gasteiger partial charge in [0.15, 0.2) is 5.84 Å². The number of benzene rings is 1. The lowest BCUT2D eigenvalue weighted by Crippen LogP contribution is -2.36.